The Morgan fingerprint density at radius 1 is 1.07 bits per heavy atom. The predicted molar refractivity (Wildman–Crippen MR) is 115 cm³/mol. The van der Waals surface area contributed by atoms with Crippen molar-refractivity contribution in [3.63, 3.8) is 0 Å². The maximum absolute atomic E-state index is 13.7. The maximum Gasteiger partial charge on any atom is 0.266 e. The Morgan fingerprint density at radius 2 is 1.80 bits per heavy atom. The fourth-order valence-electron chi connectivity index (χ4n) is 2.79. The van der Waals surface area contributed by atoms with Gasteiger partial charge in [0.15, 0.2) is 0 Å². The minimum absolute atomic E-state index is 0.0266. The van der Waals surface area contributed by atoms with Gasteiger partial charge >= 0.3 is 0 Å². The van der Waals surface area contributed by atoms with Crippen LogP contribution in [0.15, 0.2) is 72.3 Å². The summed E-state index contributed by atoms with van der Waals surface area (Å²) in [5.41, 5.74) is 4.10. The number of anilines is 1. The topological polar surface area (TPSA) is 62.1 Å². The van der Waals surface area contributed by atoms with Crippen molar-refractivity contribution in [2.75, 3.05) is 5.32 Å². The Kier molecular flexibility index (Phi) is 6.61. The molecule has 0 aliphatic carbocycles. The number of carbonyl (C=O) groups excluding carboxylic acids is 1. The number of hydrogen-bond donors (Lipinski definition) is 1. The van der Waals surface area contributed by atoms with Gasteiger partial charge in [-0.3, -0.25) is 4.79 Å². The molecule has 0 radical (unpaired) electrons. The van der Waals surface area contributed by atoms with Crippen molar-refractivity contribution < 1.29 is 13.9 Å². The summed E-state index contributed by atoms with van der Waals surface area (Å²) in [4.78, 5) is 12.3. The molecule has 150 valence electrons. The molecule has 0 aliphatic rings. The molecule has 0 bridgehead atoms. The van der Waals surface area contributed by atoms with Crippen LogP contribution in [-0.4, -0.2) is 5.91 Å². The van der Waals surface area contributed by atoms with Gasteiger partial charge in [0.1, 0.15) is 29.8 Å². The van der Waals surface area contributed by atoms with Crippen molar-refractivity contribution in [3.05, 3.63) is 100 Å². The van der Waals surface area contributed by atoms with Crippen molar-refractivity contribution in [2.24, 2.45) is 0 Å². The number of amides is 1. The van der Waals surface area contributed by atoms with E-state index in [-0.39, 0.29) is 11.3 Å². The zero-order valence-electron chi connectivity index (χ0n) is 16.8. The van der Waals surface area contributed by atoms with E-state index in [2.05, 4.69) is 31.3 Å². The van der Waals surface area contributed by atoms with Crippen LogP contribution in [0.5, 0.6) is 5.75 Å². The van der Waals surface area contributed by atoms with Crippen molar-refractivity contribution in [2.45, 2.75) is 20.5 Å². The number of carbonyl (C=O) groups is 1. The highest BCUT2D eigenvalue weighted by atomic mass is 19.1. The molecule has 1 amide bonds. The monoisotopic (exact) mass is 400 g/mol. The lowest BCUT2D eigenvalue weighted by molar-refractivity contribution is -0.112. The molecule has 0 saturated heterocycles. The predicted octanol–water partition coefficient (Wildman–Crippen LogP) is 5.57. The molecule has 0 saturated carbocycles. The second-order valence-electron chi connectivity index (χ2n) is 6.88. The third-order valence-electron chi connectivity index (χ3n) is 4.66. The van der Waals surface area contributed by atoms with Gasteiger partial charge in [0.25, 0.3) is 5.91 Å². The SMILES string of the molecule is Cc1ccc(COc2ccc(/C=C(\C#N)C(=O)Nc3ccccc3F)cc2)cc1C. The van der Waals surface area contributed by atoms with Crippen molar-refractivity contribution >= 4 is 17.7 Å². The molecule has 5 heteroatoms. The van der Waals surface area contributed by atoms with Gasteiger partial charge < -0.3 is 10.1 Å². The van der Waals surface area contributed by atoms with Gasteiger partial charge in [-0.2, -0.15) is 5.26 Å². The number of aryl methyl sites for hydroxylation is 2. The smallest absolute Gasteiger partial charge is 0.266 e. The van der Waals surface area contributed by atoms with Gasteiger partial charge in [-0.15, -0.1) is 0 Å². The van der Waals surface area contributed by atoms with Crippen LogP contribution in [0.25, 0.3) is 6.08 Å². The highest BCUT2D eigenvalue weighted by molar-refractivity contribution is 6.09. The fraction of sp³-hybridized carbons (Fsp3) is 0.120. The molecule has 0 atom stereocenters. The van der Waals surface area contributed by atoms with Crippen LogP contribution >= 0.6 is 0 Å². The third-order valence-corrected chi connectivity index (χ3v) is 4.66. The number of nitrogens with one attached hydrogen (secondary N) is 1. The number of para-hydroxylation sites is 1. The van der Waals surface area contributed by atoms with E-state index in [9.17, 15) is 14.4 Å². The minimum Gasteiger partial charge on any atom is -0.489 e. The number of halogens is 1. The van der Waals surface area contributed by atoms with Crippen LogP contribution in [0.2, 0.25) is 0 Å². The Morgan fingerprint density at radius 3 is 2.47 bits per heavy atom. The second-order valence-corrected chi connectivity index (χ2v) is 6.88. The summed E-state index contributed by atoms with van der Waals surface area (Å²) in [6.45, 7) is 4.58. The van der Waals surface area contributed by atoms with Crippen LogP contribution in [0.3, 0.4) is 0 Å². The van der Waals surface area contributed by atoms with Gasteiger partial charge in [0.2, 0.25) is 0 Å². The number of hydrogen-bond acceptors (Lipinski definition) is 3. The average molecular weight is 400 g/mol. The number of benzene rings is 3. The Hall–Kier alpha value is -3.91. The molecule has 0 spiro atoms. The molecule has 0 aromatic heterocycles. The first kappa shape index (κ1) is 20.8. The van der Waals surface area contributed by atoms with E-state index in [0.717, 1.165) is 5.56 Å². The number of nitriles is 1. The van der Waals surface area contributed by atoms with E-state index in [1.54, 1.807) is 30.3 Å². The number of nitrogens with zero attached hydrogens (tertiary/aromatic N) is 1. The maximum atomic E-state index is 13.7. The summed E-state index contributed by atoms with van der Waals surface area (Å²) in [5, 5.41) is 11.7. The summed E-state index contributed by atoms with van der Waals surface area (Å²) < 4.78 is 19.5. The summed E-state index contributed by atoms with van der Waals surface area (Å²) >= 11 is 0. The summed E-state index contributed by atoms with van der Waals surface area (Å²) in [7, 11) is 0. The van der Waals surface area contributed by atoms with Gasteiger partial charge in [0.05, 0.1) is 5.69 Å². The number of rotatable bonds is 6. The Labute approximate surface area is 175 Å². The Balaban J connectivity index is 1.66. The van der Waals surface area contributed by atoms with E-state index < -0.39 is 11.7 Å². The van der Waals surface area contributed by atoms with E-state index in [1.807, 2.05) is 12.1 Å². The minimum atomic E-state index is -0.669. The van der Waals surface area contributed by atoms with E-state index in [1.165, 1.54) is 35.4 Å². The van der Waals surface area contributed by atoms with Gasteiger partial charge in [-0.1, -0.05) is 42.5 Å². The summed E-state index contributed by atoms with van der Waals surface area (Å²) in [6, 6.07) is 20.9. The van der Waals surface area contributed by atoms with Crippen LogP contribution < -0.4 is 10.1 Å². The second kappa shape index (κ2) is 9.53. The lowest BCUT2D eigenvalue weighted by atomic mass is 10.1. The molecule has 1 N–H and O–H groups in total. The molecular weight excluding hydrogens is 379 g/mol. The molecule has 0 unspecified atom stereocenters. The molecule has 30 heavy (non-hydrogen) atoms. The van der Waals surface area contributed by atoms with Crippen molar-refractivity contribution in [1.82, 2.24) is 0 Å². The van der Waals surface area contributed by atoms with Gasteiger partial charge in [-0.05, 0) is 66.4 Å². The highest BCUT2D eigenvalue weighted by Gasteiger charge is 2.11. The first-order valence-corrected chi connectivity index (χ1v) is 9.43. The normalized spacial score (nSPS) is 10.9. The molecule has 4 nitrogen and oxygen atoms in total. The van der Waals surface area contributed by atoms with E-state index >= 15 is 0 Å². The van der Waals surface area contributed by atoms with Crippen LogP contribution in [0.1, 0.15) is 22.3 Å². The molecule has 0 heterocycles. The van der Waals surface area contributed by atoms with Gasteiger partial charge in [0, 0.05) is 0 Å². The molecule has 3 aromatic rings. The van der Waals surface area contributed by atoms with Crippen molar-refractivity contribution in [3.8, 4) is 11.8 Å². The zero-order chi connectivity index (χ0) is 21.5. The lowest BCUT2D eigenvalue weighted by Gasteiger charge is -2.09. The zero-order valence-corrected chi connectivity index (χ0v) is 16.8. The third kappa shape index (κ3) is 5.33. The van der Waals surface area contributed by atoms with Crippen LogP contribution in [-0.2, 0) is 11.4 Å². The molecule has 3 rings (SSSR count). The number of ether oxygens (including phenoxy) is 1. The quantitative estimate of drug-likeness (QED) is 0.435. The average Bonchev–Trinajstić information content (AvgIpc) is 2.75. The Bertz CT molecular complexity index is 1130. The highest BCUT2D eigenvalue weighted by Crippen LogP contribution is 2.18. The van der Waals surface area contributed by atoms with Crippen LogP contribution in [0, 0.1) is 31.0 Å². The molecule has 0 aliphatic heterocycles. The van der Waals surface area contributed by atoms with Crippen molar-refractivity contribution in [1.29, 1.82) is 5.26 Å². The van der Waals surface area contributed by atoms with Crippen LogP contribution in [0.4, 0.5) is 10.1 Å². The van der Waals surface area contributed by atoms with E-state index in [4.69, 9.17) is 4.74 Å². The largest absolute Gasteiger partial charge is 0.489 e. The first-order valence-electron chi connectivity index (χ1n) is 9.43. The fourth-order valence-corrected chi connectivity index (χ4v) is 2.79. The summed E-state index contributed by atoms with van der Waals surface area (Å²) in [5.74, 6) is -0.550. The van der Waals surface area contributed by atoms with Gasteiger partial charge in [-0.25, -0.2) is 4.39 Å². The standard InChI is InChI=1S/C25H21FN2O2/c1-17-7-8-20(13-18(17)2)16-30-22-11-9-19(10-12-22)14-21(15-27)25(29)28-24-6-4-3-5-23(24)26/h3-14H,16H2,1-2H3,(H,28,29)/b21-14+. The summed E-state index contributed by atoms with van der Waals surface area (Å²) in [6.07, 6.45) is 1.45. The first-order chi connectivity index (χ1) is 14.5. The lowest BCUT2D eigenvalue weighted by Crippen LogP contribution is -2.14. The van der Waals surface area contributed by atoms with E-state index in [0.29, 0.717) is 17.9 Å². The molecule has 0 fully saturated rings. The molecular formula is C25H21FN2O2. The molecule has 3 aromatic carbocycles.